The fraction of sp³-hybridized carbons (Fsp3) is 0.200. The van der Waals surface area contributed by atoms with Crippen LogP contribution in [0.2, 0.25) is 0 Å². The van der Waals surface area contributed by atoms with E-state index in [0.29, 0.717) is 5.75 Å². The number of hydrazine groups is 1. The van der Waals surface area contributed by atoms with E-state index in [0.717, 1.165) is 16.7 Å². The molecule has 0 atom stereocenters. The minimum atomic E-state index is -3.82. The molecule has 0 radical (unpaired) electrons. The van der Waals surface area contributed by atoms with Gasteiger partial charge in [-0.05, 0) is 54.8 Å². The molecule has 0 heterocycles. The van der Waals surface area contributed by atoms with Crippen LogP contribution >= 0.6 is 0 Å². The standard InChI is InChI=1S/C25H27N3O5S/c1-18-8-6-13-23(19(18)2)33-15-14-24(29)27-28-25(30)21-11-7-12-22(16-21)34(31,32)26-17-20-9-4-3-5-10-20/h3-13,16,26H,14-15,17H2,1-2H3,(H,27,29)(H,28,30). The Balaban J connectivity index is 1.50. The summed E-state index contributed by atoms with van der Waals surface area (Å²) >= 11 is 0. The molecule has 3 N–H and O–H groups in total. The van der Waals surface area contributed by atoms with Crippen LogP contribution < -0.4 is 20.3 Å². The number of hydrogen-bond donors (Lipinski definition) is 3. The van der Waals surface area contributed by atoms with Crippen molar-refractivity contribution in [2.24, 2.45) is 0 Å². The van der Waals surface area contributed by atoms with Crippen molar-refractivity contribution in [2.75, 3.05) is 6.61 Å². The van der Waals surface area contributed by atoms with Crippen LogP contribution in [0.5, 0.6) is 5.75 Å². The Morgan fingerprint density at radius 2 is 1.62 bits per heavy atom. The lowest BCUT2D eigenvalue weighted by molar-refractivity contribution is -0.122. The van der Waals surface area contributed by atoms with E-state index in [1.807, 2.05) is 62.4 Å². The Labute approximate surface area is 199 Å². The first-order valence-corrected chi connectivity index (χ1v) is 12.2. The maximum absolute atomic E-state index is 12.6. The van der Waals surface area contributed by atoms with Crippen molar-refractivity contribution >= 4 is 21.8 Å². The van der Waals surface area contributed by atoms with Gasteiger partial charge in [0, 0.05) is 12.1 Å². The third kappa shape index (κ3) is 6.90. The van der Waals surface area contributed by atoms with Gasteiger partial charge in [0.1, 0.15) is 5.75 Å². The molecular weight excluding hydrogens is 454 g/mol. The number of sulfonamides is 1. The number of ether oxygens (including phenoxy) is 1. The highest BCUT2D eigenvalue weighted by Crippen LogP contribution is 2.20. The van der Waals surface area contributed by atoms with Gasteiger partial charge in [0.25, 0.3) is 5.91 Å². The summed E-state index contributed by atoms with van der Waals surface area (Å²) < 4.78 is 33.3. The molecule has 178 valence electrons. The molecule has 2 amide bonds. The second-order valence-corrected chi connectivity index (χ2v) is 9.40. The minimum absolute atomic E-state index is 0.0332. The largest absolute Gasteiger partial charge is 0.493 e. The Hall–Kier alpha value is -3.69. The molecule has 0 fully saturated rings. The number of aryl methyl sites for hydroxylation is 1. The monoisotopic (exact) mass is 481 g/mol. The summed E-state index contributed by atoms with van der Waals surface area (Å²) in [7, 11) is -3.82. The Morgan fingerprint density at radius 3 is 2.38 bits per heavy atom. The predicted octanol–water partition coefficient (Wildman–Crippen LogP) is 3.01. The fourth-order valence-electron chi connectivity index (χ4n) is 3.06. The van der Waals surface area contributed by atoms with Gasteiger partial charge in [0.2, 0.25) is 15.9 Å². The van der Waals surface area contributed by atoms with E-state index >= 15 is 0 Å². The second kappa shape index (κ2) is 11.4. The van der Waals surface area contributed by atoms with E-state index in [1.54, 1.807) is 0 Å². The number of benzene rings is 3. The number of carbonyl (C=O) groups excluding carboxylic acids is 2. The van der Waals surface area contributed by atoms with E-state index in [1.165, 1.54) is 24.3 Å². The number of hydrogen-bond acceptors (Lipinski definition) is 5. The molecule has 0 aromatic heterocycles. The van der Waals surface area contributed by atoms with E-state index in [2.05, 4.69) is 15.6 Å². The van der Waals surface area contributed by atoms with Gasteiger partial charge in [0.15, 0.2) is 0 Å². The van der Waals surface area contributed by atoms with Crippen molar-refractivity contribution in [2.45, 2.75) is 31.7 Å². The Morgan fingerprint density at radius 1 is 0.882 bits per heavy atom. The van der Waals surface area contributed by atoms with Crippen molar-refractivity contribution in [1.29, 1.82) is 0 Å². The molecule has 3 aromatic carbocycles. The van der Waals surface area contributed by atoms with Crippen LogP contribution in [0.1, 0.15) is 33.5 Å². The average Bonchev–Trinajstić information content (AvgIpc) is 2.84. The molecule has 8 nitrogen and oxygen atoms in total. The van der Waals surface area contributed by atoms with Gasteiger partial charge in [-0.15, -0.1) is 0 Å². The second-order valence-electron chi connectivity index (χ2n) is 7.64. The van der Waals surface area contributed by atoms with Crippen LogP contribution in [0.15, 0.2) is 77.7 Å². The summed E-state index contributed by atoms with van der Waals surface area (Å²) in [5.74, 6) is -0.369. The van der Waals surface area contributed by atoms with Gasteiger partial charge in [-0.1, -0.05) is 48.5 Å². The van der Waals surface area contributed by atoms with Crippen LogP contribution in [0.25, 0.3) is 0 Å². The minimum Gasteiger partial charge on any atom is -0.493 e. The highest BCUT2D eigenvalue weighted by molar-refractivity contribution is 7.89. The van der Waals surface area contributed by atoms with Crippen LogP contribution in [0.4, 0.5) is 0 Å². The van der Waals surface area contributed by atoms with Crippen LogP contribution in [0.3, 0.4) is 0 Å². The molecule has 0 saturated carbocycles. The normalized spacial score (nSPS) is 11.0. The van der Waals surface area contributed by atoms with E-state index < -0.39 is 21.8 Å². The third-order valence-electron chi connectivity index (χ3n) is 5.17. The third-order valence-corrected chi connectivity index (χ3v) is 6.57. The Kier molecular flexibility index (Phi) is 8.39. The molecular formula is C25H27N3O5S. The number of carbonyl (C=O) groups is 2. The maximum Gasteiger partial charge on any atom is 0.269 e. The summed E-state index contributed by atoms with van der Waals surface area (Å²) in [6.45, 7) is 4.19. The topological polar surface area (TPSA) is 114 Å². The van der Waals surface area contributed by atoms with Gasteiger partial charge >= 0.3 is 0 Å². The first-order valence-electron chi connectivity index (χ1n) is 10.7. The lowest BCUT2D eigenvalue weighted by Crippen LogP contribution is -2.42. The van der Waals surface area contributed by atoms with Gasteiger partial charge in [-0.2, -0.15) is 0 Å². The molecule has 0 bridgehead atoms. The van der Waals surface area contributed by atoms with Gasteiger partial charge in [0.05, 0.1) is 17.9 Å². The number of amides is 2. The van der Waals surface area contributed by atoms with E-state index in [-0.39, 0.29) is 30.0 Å². The molecule has 0 aliphatic rings. The van der Waals surface area contributed by atoms with Crippen molar-refractivity contribution in [3.63, 3.8) is 0 Å². The number of rotatable bonds is 9. The summed E-state index contributed by atoms with van der Waals surface area (Å²) in [5.41, 5.74) is 7.61. The average molecular weight is 482 g/mol. The molecule has 3 rings (SSSR count). The highest BCUT2D eigenvalue weighted by atomic mass is 32.2. The Bertz CT molecular complexity index is 1260. The maximum atomic E-state index is 12.6. The van der Waals surface area contributed by atoms with Gasteiger partial charge in [-0.3, -0.25) is 20.4 Å². The van der Waals surface area contributed by atoms with E-state index in [4.69, 9.17) is 4.74 Å². The van der Waals surface area contributed by atoms with Gasteiger partial charge < -0.3 is 4.74 Å². The summed E-state index contributed by atoms with van der Waals surface area (Å²) in [6.07, 6.45) is 0.0332. The van der Waals surface area contributed by atoms with Crippen molar-refractivity contribution < 1.29 is 22.7 Å². The highest BCUT2D eigenvalue weighted by Gasteiger charge is 2.16. The van der Waals surface area contributed by atoms with Crippen LogP contribution in [-0.2, 0) is 21.4 Å². The van der Waals surface area contributed by atoms with Crippen LogP contribution in [0, 0.1) is 13.8 Å². The smallest absolute Gasteiger partial charge is 0.269 e. The zero-order valence-electron chi connectivity index (χ0n) is 19.0. The summed E-state index contributed by atoms with van der Waals surface area (Å²) in [4.78, 5) is 24.4. The molecule has 9 heteroatoms. The predicted molar refractivity (Wildman–Crippen MR) is 129 cm³/mol. The molecule has 0 spiro atoms. The van der Waals surface area contributed by atoms with Crippen LogP contribution in [-0.4, -0.2) is 26.8 Å². The quantitative estimate of drug-likeness (QED) is 0.407. The van der Waals surface area contributed by atoms with E-state index in [9.17, 15) is 18.0 Å². The summed E-state index contributed by atoms with van der Waals surface area (Å²) in [5, 5.41) is 0. The molecule has 0 unspecified atom stereocenters. The first-order chi connectivity index (χ1) is 16.3. The number of nitrogens with one attached hydrogen (secondary N) is 3. The van der Waals surface area contributed by atoms with Crippen molar-refractivity contribution in [3.05, 3.63) is 95.1 Å². The lowest BCUT2D eigenvalue weighted by atomic mass is 10.1. The first kappa shape index (κ1) is 24.9. The van der Waals surface area contributed by atoms with Crippen molar-refractivity contribution in [3.8, 4) is 5.75 Å². The summed E-state index contributed by atoms with van der Waals surface area (Å²) in [6, 6.07) is 20.3. The molecule has 0 saturated heterocycles. The van der Waals surface area contributed by atoms with Gasteiger partial charge in [-0.25, -0.2) is 13.1 Å². The fourth-order valence-corrected chi connectivity index (χ4v) is 4.12. The molecule has 3 aromatic rings. The lowest BCUT2D eigenvalue weighted by Gasteiger charge is -2.12. The van der Waals surface area contributed by atoms with Crippen molar-refractivity contribution in [1.82, 2.24) is 15.6 Å². The SMILES string of the molecule is Cc1cccc(OCCC(=O)NNC(=O)c2cccc(S(=O)(=O)NCc3ccccc3)c2)c1C. The zero-order chi connectivity index (χ0) is 24.6. The zero-order valence-corrected chi connectivity index (χ0v) is 19.8. The molecule has 0 aliphatic carbocycles. The molecule has 34 heavy (non-hydrogen) atoms. The molecule has 0 aliphatic heterocycles.